The number of aryl methyl sites for hydroxylation is 1. The summed E-state index contributed by atoms with van der Waals surface area (Å²) in [5.41, 5.74) is 1.36. The van der Waals surface area contributed by atoms with Gasteiger partial charge in [-0.2, -0.15) is 13.2 Å². The van der Waals surface area contributed by atoms with E-state index in [9.17, 15) is 13.2 Å². The molecule has 0 saturated heterocycles. The van der Waals surface area contributed by atoms with Gasteiger partial charge in [0.25, 0.3) is 0 Å². The third-order valence-electron chi connectivity index (χ3n) is 1.71. The second-order valence-corrected chi connectivity index (χ2v) is 2.64. The zero-order chi connectivity index (χ0) is 10.1. The largest absolute Gasteiger partial charge is 0.418 e. The third-order valence-corrected chi connectivity index (χ3v) is 1.71. The van der Waals surface area contributed by atoms with Gasteiger partial charge in [0.1, 0.15) is 0 Å². The molecule has 0 fully saturated rings. The first kappa shape index (κ1) is 9.85. The van der Waals surface area contributed by atoms with Crippen molar-refractivity contribution < 1.29 is 13.2 Å². The van der Waals surface area contributed by atoms with Gasteiger partial charge in [-0.25, -0.2) is 0 Å². The molecule has 72 valence electrons. The van der Waals surface area contributed by atoms with Gasteiger partial charge in [0.05, 0.1) is 11.3 Å². The first-order valence-corrected chi connectivity index (χ1v) is 3.60. The Morgan fingerprint density at radius 1 is 1.31 bits per heavy atom. The van der Waals surface area contributed by atoms with Crippen LogP contribution in [0.4, 0.5) is 18.9 Å². The summed E-state index contributed by atoms with van der Waals surface area (Å²) < 4.78 is 37.2. The van der Waals surface area contributed by atoms with Crippen molar-refractivity contribution in [3.05, 3.63) is 29.3 Å². The average Bonchev–Trinajstić information content (AvgIpc) is 2.01. The van der Waals surface area contributed by atoms with E-state index in [2.05, 4.69) is 0 Å². The summed E-state index contributed by atoms with van der Waals surface area (Å²) in [5.74, 6) is 4.97. The van der Waals surface area contributed by atoms with E-state index < -0.39 is 11.7 Å². The maximum absolute atomic E-state index is 12.4. The maximum atomic E-state index is 12.4. The van der Waals surface area contributed by atoms with E-state index in [0.717, 1.165) is 0 Å². The number of rotatable bonds is 1. The molecule has 1 aromatic carbocycles. The summed E-state index contributed by atoms with van der Waals surface area (Å²) in [6.07, 6.45) is -4.37. The van der Waals surface area contributed by atoms with Crippen LogP contribution in [0.5, 0.6) is 0 Å². The maximum Gasteiger partial charge on any atom is 0.418 e. The fraction of sp³-hybridized carbons (Fsp3) is 0.250. The van der Waals surface area contributed by atoms with Gasteiger partial charge in [-0.1, -0.05) is 12.1 Å². The number of hydrogen-bond donors (Lipinski definition) is 2. The molecule has 0 aliphatic rings. The number of anilines is 1. The Morgan fingerprint density at radius 3 is 2.31 bits per heavy atom. The lowest BCUT2D eigenvalue weighted by Gasteiger charge is -2.14. The van der Waals surface area contributed by atoms with Crippen LogP contribution in [0.15, 0.2) is 18.2 Å². The van der Waals surface area contributed by atoms with Gasteiger partial charge in [0.2, 0.25) is 0 Å². The smallest absolute Gasteiger partial charge is 0.324 e. The summed E-state index contributed by atoms with van der Waals surface area (Å²) in [5, 5.41) is 0. The second kappa shape index (κ2) is 3.26. The minimum Gasteiger partial charge on any atom is -0.324 e. The van der Waals surface area contributed by atoms with Crippen LogP contribution in [0, 0.1) is 6.92 Å². The van der Waals surface area contributed by atoms with Crippen LogP contribution < -0.4 is 11.3 Å². The molecule has 0 saturated carbocycles. The van der Waals surface area contributed by atoms with Crippen molar-refractivity contribution in [3.8, 4) is 0 Å². The standard InChI is InChI=1S/C8H9F3N2/c1-5-3-2-4-6(13-12)7(5)8(9,10)11/h2-4,13H,12H2,1H3. The molecule has 0 atom stereocenters. The number of nitrogens with two attached hydrogens (primary N) is 1. The Hall–Kier alpha value is -1.23. The van der Waals surface area contributed by atoms with E-state index in [1.807, 2.05) is 5.43 Å². The van der Waals surface area contributed by atoms with Crippen molar-refractivity contribution in [3.63, 3.8) is 0 Å². The molecule has 0 unspecified atom stereocenters. The Morgan fingerprint density at radius 2 is 1.92 bits per heavy atom. The van der Waals surface area contributed by atoms with Gasteiger partial charge in [-0.15, -0.1) is 0 Å². The van der Waals surface area contributed by atoms with Crippen LogP contribution in [-0.2, 0) is 6.18 Å². The molecule has 0 bridgehead atoms. The Bertz CT molecular complexity index is 307. The van der Waals surface area contributed by atoms with E-state index in [1.54, 1.807) is 0 Å². The quantitative estimate of drug-likeness (QED) is 0.526. The van der Waals surface area contributed by atoms with E-state index in [-0.39, 0.29) is 11.3 Å². The van der Waals surface area contributed by atoms with Gasteiger partial charge in [0, 0.05) is 0 Å². The minimum absolute atomic E-state index is 0.104. The summed E-state index contributed by atoms with van der Waals surface area (Å²) in [6, 6.07) is 4.19. The first-order valence-electron chi connectivity index (χ1n) is 3.60. The Balaban J connectivity index is 3.32. The summed E-state index contributed by atoms with van der Waals surface area (Å²) in [7, 11) is 0. The van der Waals surface area contributed by atoms with E-state index in [1.165, 1.54) is 25.1 Å². The molecule has 0 amide bonds. The van der Waals surface area contributed by atoms with E-state index >= 15 is 0 Å². The van der Waals surface area contributed by atoms with Gasteiger partial charge >= 0.3 is 6.18 Å². The summed E-state index contributed by atoms with van der Waals surface area (Å²) in [6.45, 7) is 1.39. The molecule has 2 nitrogen and oxygen atoms in total. The number of hydrazine groups is 1. The lowest BCUT2D eigenvalue weighted by atomic mass is 10.1. The van der Waals surface area contributed by atoms with Gasteiger partial charge in [-0.05, 0) is 18.6 Å². The molecular weight excluding hydrogens is 181 g/mol. The van der Waals surface area contributed by atoms with Crippen molar-refractivity contribution >= 4 is 5.69 Å². The monoisotopic (exact) mass is 190 g/mol. The van der Waals surface area contributed by atoms with E-state index in [4.69, 9.17) is 5.84 Å². The van der Waals surface area contributed by atoms with Crippen LogP contribution in [0.2, 0.25) is 0 Å². The van der Waals surface area contributed by atoms with Gasteiger partial charge < -0.3 is 5.43 Å². The minimum atomic E-state index is -4.37. The number of hydrogen-bond acceptors (Lipinski definition) is 2. The molecule has 0 heterocycles. The van der Waals surface area contributed by atoms with Crippen LogP contribution in [0.1, 0.15) is 11.1 Å². The average molecular weight is 190 g/mol. The van der Waals surface area contributed by atoms with E-state index in [0.29, 0.717) is 0 Å². The molecule has 0 aliphatic carbocycles. The van der Waals surface area contributed by atoms with Crippen LogP contribution in [0.25, 0.3) is 0 Å². The highest BCUT2D eigenvalue weighted by Crippen LogP contribution is 2.36. The van der Waals surface area contributed by atoms with Crippen LogP contribution >= 0.6 is 0 Å². The highest BCUT2D eigenvalue weighted by Gasteiger charge is 2.34. The predicted molar refractivity (Wildman–Crippen MR) is 44.0 cm³/mol. The molecule has 13 heavy (non-hydrogen) atoms. The fourth-order valence-electron chi connectivity index (χ4n) is 1.16. The molecule has 1 rings (SSSR count). The Labute approximate surface area is 73.5 Å². The zero-order valence-electron chi connectivity index (χ0n) is 6.94. The number of alkyl halides is 3. The van der Waals surface area contributed by atoms with Crippen molar-refractivity contribution in [1.29, 1.82) is 0 Å². The van der Waals surface area contributed by atoms with Crippen molar-refractivity contribution in [2.24, 2.45) is 5.84 Å². The topological polar surface area (TPSA) is 38.0 Å². The fourth-order valence-corrected chi connectivity index (χ4v) is 1.16. The highest BCUT2D eigenvalue weighted by molar-refractivity contribution is 5.55. The van der Waals surface area contributed by atoms with Crippen molar-refractivity contribution in [2.45, 2.75) is 13.1 Å². The molecule has 5 heteroatoms. The molecule has 0 aliphatic heterocycles. The van der Waals surface area contributed by atoms with Crippen LogP contribution in [-0.4, -0.2) is 0 Å². The number of benzene rings is 1. The zero-order valence-corrected chi connectivity index (χ0v) is 6.94. The molecular formula is C8H9F3N2. The molecule has 0 aromatic heterocycles. The van der Waals surface area contributed by atoms with Crippen LogP contribution in [0.3, 0.4) is 0 Å². The van der Waals surface area contributed by atoms with Crippen molar-refractivity contribution in [2.75, 3.05) is 5.43 Å². The van der Waals surface area contributed by atoms with Gasteiger partial charge in [0.15, 0.2) is 0 Å². The van der Waals surface area contributed by atoms with Gasteiger partial charge in [-0.3, -0.25) is 5.84 Å². The molecule has 3 N–H and O–H groups in total. The third kappa shape index (κ3) is 1.92. The SMILES string of the molecule is Cc1cccc(NN)c1C(F)(F)F. The number of nitrogens with one attached hydrogen (secondary N) is 1. The summed E-state index contributed by atoms with van der Waals surface area (Å²) in [4.78, 5) is 0. The summed E-state index contributed by atoms with van der Waals surface area (Å²) >= 11 is 0. The molecule has 0 radical (unpaired) electrons. The van der Waals surface area contributed by atoms with Crippen molar-refractivity contribution in [1.82, 2.24) is 0 Å². The molecule has 1 aromatic rings. The molecule has 0 spiro atoms. The first-order chi connectivity index (χ1) is 5.96. The number of nitrogen functional groups attached to an aromatic ring is 1. The number of halogens is 3. The lowest BCUT2D eigenvalue weighted by molar-refractivity contribution is -0.137. The second-order valence-electron chi connectivity index (χ2n) is 2.64. The highest BCUT2D eigenvalue weighted by atomic mass is 19.4. The normalized spacial score (nSPS) is 11.5. The Kier molecular flexibility index (Phi) is 2.47. The lowest BCUT2D eigenvalue weighted by Crippen LogP contribution is -2.16. The predicted octanol–water partition coefficient (Wildman–Crippen LogP) is 2.30.